The van der Waals surface area contributed by atoms with Gasteiger partial charge in [0, 0.05) is 43.5 Å². The van der Waals surface area contributed by atoms with E-state index in [-0.39, 0.29) is 23.5 Å². The quantitative estimate of drug-likeness (QED) is 0.761. The van der Waals surface area contributed by atoms with Gasteiger partial charge in [0.2, 0.25) is 5.95 Å². The van der Waals surface area contributed by atoms with Crippen LogP contribution >= 0.6 is 0 Å². The summed E-state index contributed by atoms with van der Waals surface area (Å²) in [7, 11) is 1.70. The fraction of sp³-hybridized carbons (Fsp3) is 0.450. The Morgan fingerprint density at radius 3 is 2.81 bits per heavy atom. The van der Waals surface area contributed by atoms with E-state index in [4.69, 9.17) is 10.5 Å². The molecule has 2 aromatic rings. The molecular weight excluding hydrogens is 344 g/mol. The fourth-order valence-electron chi connectivity index (χ4n) is 3.61. The molecule has 1 saturated heterocycles. The second kappa shape index (κ2) is 8.81. The van der Waals surface area contributed by atoms with E-state index in [1.54, 1.807) is 31.4 Å². The Bertz CT molecular complexity index is 832. The van der Waals surface area contributed by atoms with Crippen molar-refractivity contribution in [2.24, 2.45) is 0 Å². The molecule has 1 fully saturated rings. The molecule has 144 valence electrons. The van der Waals surface area contributed by atoms with Crippen molar-refractivity contribution in [3.8, 4) is 11.3 Å². The Morgan fingerprint density at radius 2 is 2.11 bits per heavy atom. The summed E-state index contributed by atoms with van der Waals surface area (Å²) in [4.78, 5) is 33.1. The summed E-state index contributed by atoms with van der Waals surface area (Å²) in [5.74, 6) is 0.131. The Labute approximate surface area is 158 Å². The maximum Gasteiger partial charge on any atom is 0.254 e. The van der Waals surface area contributed by atoms with E-state index < -0.39 is 0 Å². The van der Waals surface area contributed by atoms with Crippen molar-refractivity contribution in [1.29, 1.82) is 0 Å². The minimum absolute atomic E-state index is 0.0575. The van der Waals surface area contributed by atoms with Crippen LogP contribution in [0.15, 0.2) is 35.1 Å². The maximum atomic E-state index is 13.0. The van der Waals surface area contributed by atoms with Gasteiger partial charge in [-0.25, -0.2) is 4.98 Å². The highest BCUT2D eigenvalue weighted by Gasteiger charge is 2.27. The van der Waals surface area contributed by atoms with Crippen molar-refractivity contribution in [3.05, 3.63) is 46.2 Å². The molecule has 1 aromatic carbocycles. The van der Waals surface area contributed by atoms with Crippen LogP contribution in [0.5, 0.6) is 0 Å². The normalized spacial score (nSPS) is 17.1. The summed E-state index contributed by atoms with van der Waals surface area (Å²) in [6.45, 7) is 1.52. The molecule has 1 aliphatic rings. The van der Waals surface area contributed by atoms with Gasteiger partial charge in [0.1, 0.15) is 0 Å². The minimum atomic E-state index is -0.301. The standard InChI is InChI=1S/C20H26N4O3/c1-27-12-4-6-16-5-2-3-11-24(16)19(26)15-9-7-14(8-10-15)17-13-18(25)23-20(21)22-17/h7-10,13,16H,2-6,11-12H2,1H3,(H3,21,22,23,25)/t16-/m0/s1. The summed E-state index contributed by atoms with van der Waals surface area (Å²) < 4.78 is 5.14. The van der Waals surface area contributed by atoms with Gasteiger partial charge in [-0.3, -0.25) is 14.6 Å². The number of H-pyrrole nitrogens is 1. The SMILES string of the molecule is COCCC[C@@H]1CCCCN1C(=O)c1ccc(-c2cc(=O)[nH]c(N)n2)cc1. The van der Waals surface area contributed by atoms with E-state index in [0.717, 1.165) is 50.8 Å². The molecule has 0 bridgehead atoms. The number of ether oxygens (including phenoxy) is 1. The van der Waals surface area contributed by atoms with Gasteiger partial charge in [0.05, 0.1) is 5.69 Å². The van der Waals surface area contributed by atoms with Crippen molar-refractivity contribution >= 4 is 11.9 Å². The molecule has 3 N–H and O–H groups in total. The highest BCUT2D eigenvalue weighted by Crippen LogP contribution is 2.24. The molecule has 0 radical (unpaired) electrons. The second-order valence-corrected chi connectivity index (χ2v) is 6.88. The van der Waals surface area contributed by atoms with Gasteiger partial charge in [-0.05, 0) is 44.2 Å². The summed E-state index contributed by atoms with van der Waals surface area (Å²) >= 11 is 0. The lowest BCUT2D eigenvalue weighted by atomic mass is 9.96. The number of piperidine rings is 1. The lowest BCUT2D eigenvalue weighted by Crippen LogP contribution is -2.43. The van der Waals surface area contributed by atoms with Gasteiger partial charge < -0.3 is 15.4 Å². The average molecular weight is 370 g/mol. The molecule has 0 spiro atoms. The van der Waals surface area contributed by atoms with E-state index in [1.165, 1.54) is 6.07 Å². The number of likely N-dealkylation sites (tertiary alicyclic amines) is 1. The molecule has 1 amide bonds. The number of aromatic nitrogens is 2. The van der Waals surface area contributed by atoms with Crippen LogP contribution < -0.4 is 11.3 Å². The molecule has 1 atom stereocenters. The molecule has 7 nitrogen and oxygen atoms in total. The smallest absolute Gasteiger partial charge is 0.254 e. The number of benzene rings is 1. The van der Waals surface area contributed by atoms with E-state index >= 15 is 0 Å². The first-order chi connectivity index (χ1) is 13.1. The Kier molecular flexibility index (Phi) is 6.24. The number of nitrogens with zero attached hydrogens (tertiary/aromatic N) is 2. The number of methoxy groups -OCH3 is 1. The highest BCUT2D eigenvalue weighted by molar-refractivity contribution is 5.95. The van der Waals surface area contributed by atoms with E-state index in [1.807, 2.05) is 4.90 Å². The van der Waals surface area contributed by atoms with Crippen molar-refractivity contribution in [3.63, 3.8) is 0 Å². The van der Waals surface area contributed by atoms with Crippen molar-refractivity contribution in [2.45, 2.75) is 38.1 Å². The predicted molar refractivity (Wildman–Crippen MR) is 104 cm³/mol. The van der Waals surface area contributed by atoms with Crippen molar-refractivity contribution in [2.75, 3.05) is 26.0 Å². The molecule has 3 rings (SSSR count). The number of carbonyl (C=O) groups is 1. The van der Waals surface area contributed by atoms with Gasteiger partial charge in [-0.1, -0.05) is 12.1 Å². The Balaban J connectivity index is 1.75. The third-order valence-electron chi connectivity index (χ3n) is 4.96. The summed E-state index contributed by atoms with van der Waals surface area (Å²) in [6, 6.07) is 8.85. The molecule has 0 aliphatic carbocycles. The molecule has 7 heteroatoms. The zero-order valence-electron chi connectivity index (χ0n) is 15.6. The first-order valence-corrected chi connectivity index (χ1v) is 9.35. The molecule has 1 aliphatic heterocycles. The topological polar surface area (TPSA) is 101 Å². The van der Waals surface area contributed by atoms with E-state index in [9.17, 15) is 9.59 Å². The lowest BCUT2D eigenvalue weighted by molar-refractivity contribution is 0.0585. The summed E-state index contributed by atoms with van der Waals surface area (Å²) in [5, 5.41) is 0. The van der Waals surface area contributed by atoms with Crippen molar-refractivity contribution in [1.82, 2.24) is 14.9 Å². The predicted octanol–water partition coefficient (Wildman–Crippen LogP) is 2.44. The van der Waals surface area contributed by atoms with Crippen LogP contribution in [-0.2, 0) is 4.74 Å². The number of nitrogen functional groups attached to an aromatic ring is 1. The van der Waals surface area contributed by atoms with Crippen LogP contribution in [0.2, 0.25) is 0 Å². The van der Waals surface area contributed by atoms with E-state index in [0.29, 0.717) is 11.3 Å². The largest absolute Gasteiger partial charge is 0.385 e. The molecule has 0 unspecified atom stereocenters. The zero-order chi connectivity index (χ0) is 19.2. The van der Waals surface area contributed by atoms with Gasteiger partial charge in [0.25, 0.3) is 11.5 Å². The minimum Gasteiger partial charge on any atom is -0.385 e. The second-order valence-electron chi connectivity index (χ2n) is 6.88. The van der Waals surface area contributed by atoms with Crippen LogP contribution in [-0.4, -0.2) is 47.1 Å². The van der Waals surface area contributed by atoms with E-state index in [2.05, 4.69) is 9.97 Å². The fourth-order valence-corrected chi connectivity index (χ4v) is 3.61. The van der Waals surface area contributed by atoms with Crippen LogP contribution in [0.1, 0.15) is 42.5 Å². The molecule has 2 heterocycles. The van der Waals surface area contributed by atoms with Crippen molar-refractivity contribution < 1.29 is 9.53 Å². The number of nitrogens with one attached hydrogen (secondary N) is 1. The third-order valence-corrected chi connectivity index (χ3v) is 4.96. The molecular formula is C20H26N4O3. The zero-order valence-corrected chi connectivity index (χ0v) is 15.6. The molecule has 1 aromatic heterocycles. The third kappa shape index (κ3) is 4.74. The summed E-state index contributed by atoms with van der Waals surface area (Å²) in [6.07, 6.45) is 5.17. The number of rotatable bonds is 6. The number of aromatic amines is 1. The number of nitrogens with two attached hydrogens (primary N) is 1. The number of hydrogen-bond donors (Lipinski definition) is 2. The number of carbonyl (C=O) groups excluding carboxylic acids is 1. The number of amides is 1. The van der Waals surface area contributed by atoms with Crippen LogP contribution in [0.3, 0.4) is 0 Å². The van der Waals surface area contributed by atoms with Crippen LogP contribution in [0.4, 0.5) is 5.95 Å². The number of anilines is 1. The summed E-state index contributed by atoms with van der Waals surface area (Å²) in [5.41, 5.74) is 7.19. The molecule has 27 heavy (non-hydrogen) atoms. The highest BCUT2D eigenvalue weighted by atomic mass is 16.5. The van der Waals surface area contributed by atoms with Crippen LogP contribution in [0, 0.1) is 0 Å². The Hall–Kier alpha value is -2.67. The Morgan fingerprint density at radius 1 is 1.33 bits per heavy atom. The van der Waals surface area contributed by atoms with Crippen LogP contribution in [0.25, 0.3) is 11.3 Å². The molecule has 0 saturated carbocycles. The average Bonchev–Trinajstić information content (AvgIpc) is 2.67. The lowest BCUT2D eigenvalue weighted by Gasteiger charge is -2.36. The monoisotopic (exact) mass is 370 g/mol. The van der Waals surface area contributed by atoms with Gasteiger partial charge in [-0.2, -0.15) is 0 Å². The first-order valence-electron chi connectivity index (χ1n) is 9.35. The van der Waals surface area contributed by atoms with Gasteiger partial charge in [-0.15, -0.1) is 0 Å². The first kappa shape index (κ1) is 19.1. The van der Waals surface area contributed by atoms with Gasteiger partial charge >= 0.3 is 0 Å². The number of hydrogen-bond acceptors (Lipinski definition) is 5. The van der Waals surface area contributed by atoms with Gasteiger partial charge in [0.15, 0.2) is 0 Å². The maximum absolute atomic E-state index is 13.0.